The van der Waals surface area contributed by atoms with Gasteiger partial charge >= 0.3 is 0 Å². The lowest BCUT2D eigenvalue weighted by molar-refractivity contribution is 0.306. The van der Waals surface area contributed by atoms with Gasteiger partial charge in [-0.3, -0.25) is 5.41 Å². The van der Waals surface area contributed by atoms with Gasteiger partial charge in [-0.2, -0.15) is 5.10 Å². The molecule has 0 aromatic heterocycles. The number of ether oxygens (including phenoxy) is 1. The fraction of sp³-hybridized carbons (Fsp3) is 0.0667. The first-order valence-electron chi connectivity index (χ1n) is 6.08. The van der Waals surface area contributed by atoms with E-state index in [9.17, 15) is 0 Å². The third-order valence-electron chi connectivity index (χ3n) is 2.77. The van der Waals surface area contributed by atoms with Crippen LogP contribution in [-0.4, -0.2) is 12.1 Å². The molecule has 0 fully saturated rings. The van der Waals surface area contributed by atoms with E-state index in [0.29, 0.717) is 12.2 Å². The van der Waals surface area contributed by atoms with Crippen LogP contribution < -0.4 is 16.3 Å². The third-order valence-corrected chi connectivity index (χ3v) is 2.77. The molecule has 0 unspecified atom stereocenters. The maximum atomic E-state index is 7.32. The topological polar surface area (TPSA) is 97.5 Å². The van der Waals surface area contributed by atoms with Crippen LogP contribution in [0.3, 0.4) is 0 Å². The Morgan fingerprint density at radius 3 is 2.30 bits per heavy atom. The zero-order valence-corrected chi connectivity index (χ0v) is 10.9. The SMILES string of the molecule is N=C(N)c1ccc(COc2ccc(C=NN)cc2)cc1. The molecule has 0 spiro atoms. The van der Waals surface area contributed by atoms with Crippen molar-refractivity contribution >= 4 is 12.1 Å². The minimum atomic E-state index is 0.0645. The van der Waals surface area contributed by atoms with Crippen LogP contribution in [0.2, 0.25) is 0 Å². The summed E-state index contributed by atoms with van der Waals surface area (Å²) in [4.78, 5) is 0. The number of nitrogens with one attached hydrogen (secondary N) is 1. The fourth-order valence-electron chi connectivity index (χ4n) is 1.68. The smallest absolute Gasteiger partial charge is 0.122 e. The standard InChI is InChI=1S/C15H16N4O/c16-15(17)13-5-1-12(2-6-13)10-20-14-7-3-11(4-8-14)9-19-18/h1-9H,10,18H2,(H3,16,17). The summed E-state index contributed by atoms with van der Waals surface area (Å²) in [5.74, 6) is 5.92. The monoisotopic (exact) mass is 268 g/mol. The molecule has 0 saturated heterocycles. The first-order valence-corrected chi connectivity index (χ1v) is 6.08. The minimum absolute atomic E-state index is 0.0645. The summed E-state index contributed by atoms with van der Waals surface area (Å²) in [6.07, 6.45) is 1.57. The van der Waals surface area contributed by atoms with Crippen molar-refractivity contribution in [3.05, 3.63) is 65.2 Å². The normalized spacial score (nSPS) is 10.6. The van der Waals surface area contributed by atoms with Crippen molar-refractivity contribution in [3.63, 3.8) is 0 Å². The molecule has 2 aromatic rings. The second-order valence-corrected chi connectivity index (χ2v) is 4.25. The number of nitrogens with two attached hydrogens (primary N) is 2. The van der Waals surface area contributed by atoms with Crippen LogP contribution in [-0.2, 0) is 6.61 Å². The zero-order valence-electron chi connectivity index (χ0n) is 10.9. The predicted molar refractivity (Wildman–Crippen MR) is 80.0 cm³/mol. The van der Waals surface area contributed by atoms with Crippen LogP contribution in [0.15, 0.2) is 53.6 Å². The average Bonchev–Trinajstić information content (AvgIpc) is 2.47. The largest absolute Gasteiger partial charge is 0.489 e. The van der Waals surface area contributed by atoms with Crippen LogP contribution in [0.5, 0.6) is 5.75 Å². The van der Waals surface area contributed by atoms with Gasteiger partial charge in [0.1, 0.15) is 18.2 Å². The second-order valence-electron chi connectivity index (χ2n) is 4.25. The molecule has 0 saturated carbocycles. The van der Waals surface area contributed by atoms with Gasteiger partial charge in [-0.15, -0.1) is 0 Å². The van der Waals surface area contributed by atoms with Crippen LogP contribution in [0.4, 0.5) is 0 Å². The van der Waals surface area contributed by atoms with Gasteiger partial charge < -0.3 is 16.3 Å². The van der Waals surface area contributed by atoms with Crippen molar-refractivity contribution in [1.29, 1.82) is 5.41 Å². The molecule has 0 aliphatic heterocycles. The van der Waals surface area contributed by atoms with Crippen molar-refractivity contribution in [2.75, 3.05) is 0 Å². The highest BCUT2D eigenvalue weighted by molar-refractivity contribution is 5.94. The van der Waals surface area contributed by atoms with Crippen molar-refractivity contribution in [2.45, 2.75) is 6.61 Å². The Balaban J connectivity index is 1.96. The Bertz CT molecular complexity index is 603. The van der Waals surface area contributed by atoms with Crippen LogP contribution in [0.25, 0.3) is 0 Å². The van der Waals surface area contributed by atoms with E-state index < -0.39 is 0 Å². The van der Waals surface area contributed by atoms with Crippen LogP contribution in [0.1, 0.15) is 16.7 Å². The molecule has 20 heavy (non-hydrogen) atoms. The molecule has 0 bridgehead atoms. The van der Waals surface area contributed by atoms with Gasteiger partial charge in [0.25, 0.3) is 0 Å². The minimum Gasteiger partial charge on any atom is -0.489 e. The third kappa shape index (κ3) is 3.58. The molecule has 0 radical (unpaired) electrons. The molecule has 0 amide bonds. The second kappa shape index (κ2) is 6.38. The Kier molecular flexibility index (Phi) is 4.34. The van der Waals surface area contributed by atoms with Gasteiger partial charge in [-0.1, -0.05) is 24.3 Å². The molecular formula is C15H16N4O. The molecule has 5 N–H and O–H groups in total. The Hall–Kier alpha value is -2.82. The van der Waals surface area contributed by atoms with Crippen molar-refractivity contribution in [1.82, 2.24) is 0 Å². The highest BCUT2D eigenvalue weighted by Gasteiger charge is 1.99. The number of hydrogen-bond acceptors (Lipinski definition) is 4. The van der Waals surface area contributed by atoms with E-state index >= 15 is 0 Å². The molecule has 0 heterocycles. The Morgan fingerprint density at radius 1 is 1.10 bits per heavy atom. The maximum absolute atomic E-state index is 7.32. The lowest BCUT2D eigenvalue weighted by Gasteiger charge is -2.07. The average molecular weight is 268 g/mol. The predicted octanol–water partition coefficient (Wildman–Crippen LogP) is 1.84. The molecule has 2 rings (SSSR count). The summed E-state index contributed by atoms with van der Waals surface area (Å²) < 4.78 is 5.66. The van der Waals surface area contributed by atoms with Crippen LogP contribution >= 0.6 is 0 Å². The number of nitrogen functional groups attached to an aromatic ring is 1. The van der Waals surface area contributed by atoms with E-state index in [1.54, 1.807) is 6.21 Å². The molecule has 5 heteroatoms. The van der Waals surface area contributed by atoms with Crippen molar-refractivity contribution in [2.24, 2.45) is 16.7 Å². The summed E-state index contributed by atoms with van der Waals surface area (Å²) in [6.45, 7) is 0.461. The van der Waals surface area contributed by atoms with Gasteiger partial charge in [0.2, 0.25) is 0 Å². The van der Waals surface area contributed by atoms with Gasteiger partial charge in [0, 0.05) is 5.56 Å². The number of amidine groups is 1. The van der Waals surface area contributed by atoms with E-state index in [2.05, 4.69) is 5.10 Å². The number of benzene rings is 2. The number of rotatable bonds is 5. The lowest BCUT2D eigenvalue weighted by Crippen LogP contribution is -2.10. The van der Waals surface area contributed by atoms with Gasteiger partial charge in [0.05, 0.1) is 6.21 Å². The van der Waals surface area contributed by atoms with E-state index in [-0.39, 0.29) is 5.84 Å². The molecule has 102 valence electrons. The van der Waals surface area contributed by atoms with E-state index in [4.69, 9.17) is 21.7 Å². The summed E-state index contributed by atoms with van der Waals surface area (Å²) >= 11 is 0. The molecular weight excluding hydrogens is 252 g/mol. The molecule has 5 nitrogen and oxygen atoms in total. The fourth-order valence-corrected chi connectivity index (χ4v) is 1.68. The van der Waals surface area contributed by atoms with Gasteiger partial charge in [-0.05, 0) is 35.4 Å². The van der Waals surface area contributed by atoms with Crippen molar-refractivity contribution in [3.8, 4) is 5.75 Å². The van der Waals surface area contributed by atoms with Crippen molar-refractivity contribution < 1.29 is 4.74 Å². The number of hydrazone groups is 1. The van der Waals surface area contributed by atoms with Crippen LogP contribution in [0, 0.1) is 5.41 Å². The highest BCUT2D eigenvalue weighted by Crippen LogP contribution is 2.14. The summed E-state index contributed by atoms with van der Waals surface area (Å²) in [7, 11) is 0. The maximum Gasteiger partial charge on any atom is 0.122 e. The molecule has 0 atom stereocenters. The molecule has 0 aliphatic carbocycles. The zero-order chi connectivity index (χ0) is 14.4. The van der Waals surface area contributed by atoms with E-state index in [1.165, 1.54) is 0 Å². The Morgan fingerprint density at radius 2 is 1.75 bits per heavy atom. The Labute approximate surface area is 117 Å². The quantitative estimate of drug-likeness (QED) is 0.334. The van der Waals surface area contributed by atoms with E-state index in [0.717, 1.165) is 16.9 Å². The van der Waals surface area contributed by atoms with E-state index in [1.807, 2.05) is 48.5 Å². The highest BCUT2D eigenvalue weighted by atomic mass is 16.5. The number of hydrogen-bond donors (Lipinski definition) is 3. The summed E-state index contributed by atoms with van der Waals surface area (Å²) in [5.41, 5.74) is 8.05. The first kappa shape index (κ1) is 13.6. The molecule has 2 aromatic carbocycles. The van der Waals surface area contributed by atoms with Gasteiger partial charge in [-0.25, -0.2) is 0 Å². The van der Waals surface area contributed by atoms with Gasteiger partial charge in [0.15, 0.2) is 0 Å². The number of nitrogens with zero attached hydrogens (tertiary/aromatic N) is 1. The molecule has 0 aliphatic rings. The summed E-state index contributed by atoms with van der Waals surface area (Å²) in [5, 5.41) is 10.8. The summed E-state index contributed by atoms with van der Waals surface area (Å²) in [6, 6.07) is 14.9. The first-order chi connectivity index (χ1) is 9.69. The lowest BCUT2D eigenvalue weighted by atomic mass is 10.1.